The summed E-state index contributed by atoms with van der Waals surface area (Å²) in [5.41, 5.74) is 0. The van der Waals surface area contributed by atoms with Crippen LogP contribution in [0.5, 0.6) is 0 Å². The molecule has 0 aromatic heterocycles. The predicted octanol–water partition coefficient (Wildman–Crippen LogP) is -1.24. The van der Waals surface area contributed by atoms with E-state index in [0.717, 1.165) is 26.1 Å². The second-order valence-corrected chi connectivity index (χ2v) is 2.52. The van der Waals surface area contributed by atoms with Gasteiger partial charge in [0.25, 0.3) is 0 Å². The number of halogens is 1. The predicted molar refractivity (Wildman–Crippen MR) is 39.5 cm³/mol. The Hall–Kier alpha value is 1.02. The standard InChI is InChI=1S/C8H15O2.BrH.Zn/c1-2-6-9-8-5-3-4-7-10-8;;/h8H,1-7H2;1H;/p-1. The van der Waals surface area contributed by atoms with Gasteiger partial charge in [-0.2, -0.15) is 0 Å². The zero-order valence-corrected chi connectivity index (χ0v) is 12.0. The normalized spacial score (nSPS) is 22.2. The van der Waals surface area contributed by atoms with Gasteiger partial charge in [0.2, 0.25) is 0 Å². The van der Waals surface area contributed by atoms with Crippen LogP contribution >= 0.6 is 0 Å². The monoisotopic (exact) mass is 286 g/mol. The van der Waals surface area contributed by atoms with Gasteiger partial charge in [0, 0.05) is 32.7 Å². The van der Waals surface area contributed by atoms with Crippen molar-refractivity contribution in [3.05, 3.63) is 6.92 Å². The summed E-state index contributed by atoms with van der Waals surface area (Å²) < 4.78 is 10.7. The molecule has 12 heavy (non-hydrogen) atoms. The van der Waals surface area contributed by atoms with Crippen LogP contribution in [0.25, 0.3) is 0 Å². The minimum Gasteiger partial charge on any atom is -1.00 e. The summed E-state index contributed by atoms with van der Waals surface area (Å²) in [5.74, 6) is 0. The van der Waals surface area contributed by atoms with Crippen LogP contribution in [0.4, 0.5) is 0 Å². The van der Waals surface area contributed by atoms with Gasteiger partial charge >= 0.3 is 0 Å². The van der Waals surface area contributed by atoms with E-state index >= 15 is 0 Å². The molecule has 4 heteroatoms. The molecule has 69 valence electrons. The third-order valence-electron chi connectivity index (χ3n) is 1.59. The molecule has 1 rings (SSSR count). The molecule has 1 fully saturated rings. The van der Waals surface area contributed by atoms with Gasteiger partial charge in [0.1, 0.15) is 0 Å². The summed E-state index contributed by atoms with van der Waals surface area (Å²) in [5, 5.41) is 0. The quantitative estimate of drug-likeness (QED) is 0.605. The van der Waals surface area contributed by atoms with Gasteiger partial charge < -0.3 is 26.5 Å². The van der Waals surface area contributed by atoms with E-state index in [1.54, 1.807) is 0 Å². The van der Waals surface area contributed by atoms with Gasteiger partial charge in [0.15, 0.2) is 6.29 Å². The Morgan fingerprint density at radius 1 is 1.42 bits per heavy atom. The molecule has 0 spiro atoms. The van der Waals surface area contributed by atoms with Crippen molar-refractivity contribution in [1.29, 1.82) is 0 Å². The van der Waals surface area contributed by atoms with Crippen LogP contribution in [0.1, 0.15) is 25.7 Å². The largest absolute Gasteiger partial charge is 1.00 e. The molecule has 1 unspecified atom stereocenters. The van der Waals surface area contributed by atoms with Crippen molar-refractivity contribution in [3.8, 4) is 0 Å². The van der Waals surface area contributed by atoms with E-state index in [9.17, 15) is 0 Å². The summed E-state index contributed by atoms with van der Waals surface area (Å²) >= 11 is 0. The van der Waals surface area contributed by atoms with Gasteiger partial charge in [0.05, 0.1) is 0 Å². The average molecular weight is 288 g/mol. The molecule has 0 bridgehead atoms. The molecule has 1 atom stereocenters. The van der Waals surface area contributed by atoms with E-state index in [-0.39, 0.29) is 42.7 Å². The average Bonchev–Trinajstić information content (AvgIpc) is 2.03. The van der Waals surface area contributed by atoms with Crippen LogP contribution in [-0.2, 0) is 29.0 Å². The van der Waals surface area contributed by atoms with Gasteiger partial charge in [-0.3, -0.25) is 0 Å². The van der Waals surface area contributed by atoms with Crippen molar-refractivity contribution < 1.29 is 45.9 Å². The molecule has 0 aromatic rings. The SMILES string of the molecule is [Br-].[CH2]CCOC1CCCCO1.[Zn]. The molecule has 0 aromatic carbocycles. The molecular weight excluding hydrogens is 273 g/mol. The Morgan fingerprint density at radius 3 is 2.67 bits per heavy atom. The Kier molecular flexibility index (Phi) is 13.0. The van der Waals surface area contributed by atoms with Crippen molar-refractivity contribution in [3.63, 3.8) is 0 Å². The Labute approximate surface area is 97.9 Å². The minimum atomic E-state index is 0. The van der Waals surface area contributed by atoms with Crippen molar-refractivity contribution >= 4 is 0 Å². The van der Waals surface area contributed by atoms with Crippen molar-refractivity contribution in [2.75, 3.05) is 13.2 Å². The van der Waals surface area contributed by atoms with E-state index in [2.05, 4.69) is 6.92 Å². The third kappa shape index (κ3) is 6.53. The van der Waals surface area contributed by atoms with Crippen molar-refractivity contribution in [1.82, 2.24) is 0 Å². The van der Waals surface area contributed by atoms with Crippen LogP contribution in [-0.4, -0.2) is 19.5 Å². The Bertz CT molecular complexity index is 87.1. The zero-order valence-electron chi connectivity index (χ0n) is 7.43. The number of ether oxygens (including phenoxy) is 2. The first-order chi connectivity index (χ1) is 4.93. The van der Waals surface area contributed by atoms with Crippen LogP contribution < -0.4 is 17.0 Å². The molecule has 2 nitrogen and oxygen atoms in total. The van der Waals surface area contributed by atoms with Gasteiger partial charge in [-0.25, -0.2) is 0 Å². The van der Waals surface area contributed by atoms with E-state index in [4.69, 9.17) is 9.47 Å². The third-order valence-corrected chi connectivity index (χ3v) is 1.59. The molecule has 0 saturated carbocycles. The Morgan fingerprint density at radius 2 is 2.17 bits per heavy atom. The number of hydrogen-bond acceptors (Lipinski definition) is 2. The van der Waals surface area contributed by atoms with Gasteiger partial charge in [-0.1, -0.05) is 6.92 Å². The second kappa shape index (κ2) is 10.1. The maximum absolute atomic E-state index is 5.35. The molecule has 0 N–H and O–H groups in total. The van der Waals surface area contributed by atoms with E-state index in [1.807, 2.05) is 0 Å². The molecular formula is C8H15BrO2Zn-. The Balaban J connectivity index is 0. The van der Waals surface area contributed by atoms with Crippen LogP contribution in [0.3, 0.4) is 0 Å². The first-order valence-electron chi connectivity index (χ1n) is 3.96. The van der Waals surface area contributed by atoms with Crippen LogP contribution in [0.15, 0.2) is 0 Å². The first kappa shape index (κ1) is 15.5. The molecule has 0 aliphatic carbocycles. The summed E-state index contributed by atoms with van der Waals surface area (Å²) in [6.45, 7) is 5.28. The summed E-state index contributed by atoms with van der Waals surface area (Å²) in [6, 6.07) is 0. The molecule has 0 amide bonds. The molecule has 1 radical (unpaired) electrons. The van der Waals surface area contributed by atoms with E-state index in [1.165, 1.54) is 12.8 Å². The first-order valence-corrected chi connectivity index (χ1v) is 3.96. The zero-order chi connectivity index (χ0) is 7.23. The van der Waals surface area contributed by atoms with Crippen LogP contribution in [0.2, 0.25) is 0 Å². The summed E-state index contributed by atoms with van der Waals surface area (Å²) in [6.07, 6.45) is 4.38. The fourth-order valence-electron chi connectivity index (χ4n) is 1.06. The fraction of sp³-hybridized carbons (Fsp3) is 0.875. The van der Waals surface area contributed by atoms with Crippen LogP contribution in [0, 0.1) is 6.92 Å². The summed E-state index contributed by atoms with van der Waals surface area (Å²) in [7, 11) is 0. The molecule has 1 aliphatic rings. The minimum absolute atomic E-state index is 0. The van der Waals surface area contributed by atoms with Gasteiger partial charge in [-0.05, 0) is 25.7 Å². The van der Waals surface area contributed by atoms with Crippen molar-refractivity contribution in [2.24, 2.45) is 0 Å². The maximum atomic E-state index is 5.35. The van der Waals surface area contributed by atoms with Gasteiger partial charge in [-0.15, -0.1) is 0 Å². The number of rotatable bonds is 3. The van der Waals surface area contributed by atoms with E-state index in [0.29, 0.717) is 0 Å². The number of hydrogen-bond donors (Lipinski definition) is 0. The molecule has 1 heterocycles. The molecule has 1 aliphatic heterocycles. The summed E-state index contributed by atoms with van der Waals surface area (Å²) in [4.78, 5) is 0. The maximum Gasteiger partial charge on any atom is 0.157 e. The van der Waals surface area contributed by atoms with Crippen molar-refractivity contribution in [2.45, 2.75) is 32.0 Å². The second-order valence-electron chi connectivity index (χ2n) is 2.52. The topological polar surface area (TPSA) is 18.5 Å². The fourth-order valence-corrected chi connectivity index (χ4v) is 1.06. The smallest absolute Gasteiger partial charge is 0.157 e. The van der Waals surface area contributed by atoms with E-state index < -0.39 is 0 Å². The molecule has 1 saturated heterocycles.